The van der Waals surface area contributed by atoms with Crippen LogP contribution in [0.15, 0.2) is 24.3 Å². The van der Waals surface area contributed by atoms with Gasteiger partial charge < -0.3 is 11.5 Å². The molecule has 0 saturated heterocycles. The number of rotatable bonds is 0. The summed E-state index contributed by atoms with van der Waals surface area (Å²) in [6.45, 7) is 0. The van der Waals surface area contributed by atoms with Gasteiger partial charge in [-0.3, -0.25) is 0 Å². The summed E-state index contributed by atoms with van der Waals surface area (Å²) in [7, 11) is 0. The van der Waals surface area contributed by atoms with Gasteiger partial charge in [0, 0.05) is 0 Å². The second-order valence-corrected chi connectivity index (χ2v) is 8.06. The standard InChI is InChI=1S/C6H8N2.6FH.Sb/c7-5-3-1-2-4-6(5)8;;;;;;;/h1-4H,7-8H2;6*1H;/q;;;;;;;+5/p-6. The van der Waals surface area contributed by atoms with Crippen molar-refractivity contribution in [3.05, 3.63) is 24.3 Å². The zero-order chi connectivity index (χ0) is 12.4. The molecular weight excluding hydrogens is 336 g/mol. The molecule has 0 aliphatic carbocycles. The first-order chi connectivity index (χ1) is 6.25. The number of hydrogen-bond donors (Lipinski definition) is 2. The van der Waals surface area contributed by atoms with E-state index in [0.29, 0.717) is 11.4 Å². The fourth-order valence-electron chi connectivity index (χ4n) is 0.511. The Kier molecular flexibility index (Phi) is 3.19. The normalized spacial score (nSPS) is 15.6. The fourth-order valence-corrected chi connectivity index (χ4v) is 0.511. The van der Waals surface area contributed by atoms with Gasteiger partial charge in [0.1, 0.15) is 0 Å². The third kappa shape index (κ3) is 15.9. The molecule has 0 bridgehead atoms. The molecule has 0 aliphatic heterocycles. The number of para-hydroxylation sites is 2. The number of nitrogens with two attached hydrogens (primary N) is 2. The summed E-state index contributed by atoms with van der Waals surface area (Å²) in [6.07, 6.45) is 0. The van der Waals surface area contributed by atoms with Gasteiger partial charge in [-0.2, -0.15) is 0 Å². The third-order valence-corrected chi connectivity index (χ3v) is 0.996. The van der Waals surface area contributed by atoms with Gasteiger partial charge in [-0.05, 0) is 12.1 Å². The Balaban J connectivity index is 0.000000265. The minimum absolute atomic E-state index is 0.646. The number of halogens is 6. The first kappa shape index (κ1) is 14.2. The van der Waals surface area contributed by atoms with Gasteiger partial charge in [-0.15, -0.1) is 0 Å². The van der Waals surface area contributed by atoms with Crippen LogP contribution < -0.4 is 11.5 Å². The van der Waals surface area contributed by atoms with Crippen molar-refractivity contribution in [1.82, 2.24) is 0 Å². The zero-order valence-corrected chi connectivity index (χ0v) is 9.73. The predicted octanol–water partition coefficient (Wildman–Crippen LogP) is 2.99. The second kappa shape index (κ2) is 3.36. The van der Waals surface area contributed by atoms with E-state index >= 15 is 0 Å². The van der Waals surface area contributed by atoms with Crippen molar-refractivity contribution >= 4 is 30.8 Å². The average molecular weight is 344 g/mol. The topological polar surface area (TPSA) is 52.0 Å². The van der Waals surface area contributed by atoms with E-state index in [2.05, 4.69) is 0 Å². The number of benzene rings is 1. The van der Waals surface area contributed by atoms with Crippen LogP contribution in [0.2, 0.25) is 0 Å². The molecule has 0 radical (unpaired) electrons. The van der Waals surface area contributed by atoms with Crippen LogP contribution in [0.4, 0.5) is 28.3 Å². The van der Waals surface area contributed by atoms with Crippen LogP contribution in [-0.4, -0.2) is 19.5 Å². The molecule has 0 aliphatic rings. The van der Waals surface area contributed by atoms with Crippen LogP contribution in [0.1, 0.15) is 0 Å². The van der Waals surface area contributed by atoms with Gasteiger partial charge in [0.25, 0.3) is 0 Å². The van der Waals surface area contributed by atoms with Gasteiger partial charge in [-0.25, -0.2) is 0 Å². The molecule has 0 heterocycles. The van der Waals surface area contributed by atoms with Gasteiger partial charge in [0.15, 0.2) is 0 Å². The van der Waals surface area contributed by atoms with Gasteiger partial charge >= 0.3 is 36.4 Å². The maximum atomic E-state index is 9.93. The molecule has 15 heavy (non-hydrogen) atoms. The third-order valence-electron chi connectivity index (χ3n) is 0.996. The Bertz CT molecular complexity index is 312. The van der Waals surface area contributed by atoms with Crippen LogP contribution >= 0.6 is 0 Å². The summed E-state index contributed by atoms with van der Waals surface area (Å²) in [6, 6.07) is 7.25. The summed E-state index contributed by atoms with van der Waals surface area (Å²) in [5.74, 6) is 0. The van der Waals surface area contributed by atoms with Crippen LogP contribution in [0, 0.1) is 0 Å². The van der Waals surface area contributed by atoms with E-state index in [-0.39, 0.29) is 0 Å². The van der Waals surface area contributed by atoms with E-state index < -0.39 is 19.5 Å². The number of nitrogen functional groups attached to an aromatic ring is 2. The quantitative estimate of drug-likeness (QED) is 0.432. The van der Waals surface area contributed by atoms with E-state index in [1.165, 1.54) is 0 Å². The van der Waals surface area contributed by atoms with Gasteiger partial charge in [0.2, 0.25) is 0 Å². The summed E-state index contributed by atoms with van der Waals surface area (Å²) in [4.78, 5) is 0. The van der Waals surface area contributed by atoms with E-state index in [1.807, 2.05) is 12.1 Å². The number of anilines is 2. The monoisotopic (exact) mass is 343 g/mol. The van der Waals surface area contributed by atoms with Crippen LogP contribution in [0.25, 0.3) is 0 Å². The Hall–Kier alpha value is -0.782. The molecule has 2 nitrogen and oxygen atoms in total. The molecule has 0 amide bonds. The number of hydrogen-bond acceptors (Lipinski definition) is 2. The van der Waals surface area contributed by atoms with Crippen molar-refractivity contribution in [1.29, 1.82) is 0 Å². The van der Waals surface area contributed by atoms with Crippen molar-refractivity contribution in [3.8, 4) is 0 Å². The molecule has 1 aromatic rings. The molecule has 0 atom stereocenters. The second-order valence-electron chi connectivity index (χ2n) is 2.59. The van der Waals surface area contributed by atoms with E-state index in [4.69, 9.17) is 11.5 Å². The fraction of sp³-hybridized carbons (Fsp3) is 0. The molecule has 0 spiro atoms. The first-order valence-electron chi connectivity index (χ1n) is 3.42. The molecule has 1 rings (SSSR count). The molecule has 4 N–H and O–H groups in total. The predicted molar refractivity (Wildman–Crippen MR) is 47.7 cm³/mol. The van der Waals surface area contributed by atoms with Crippen molar-refractivity contribution < 1.29 is 16.9 Å². The first-order valence-corrected chi connectivity index (χ1v) is 9.21. The van der Waals surface area contributed by atoms with Crippen LogP contribution in [0.5, 0.6) is 0 Å². The van der Waals surface area contributed by atoms with Crippen molar-refractivity contribution in [2.24, 2.45) is 0 Å². The summed E-state index contributed by atoms with van der Waals surface area (Å²) < 4.78 is 59.6. The van der Waals surface area contributed by atoms with Crippen molar-refractivity contribution in [2.45, 2.75) is 0 Å². The summed E-state index contributed by atoms with van der Waals surface area (Å²) >= 11 is -11.2. The molecular formula is C6H8F6N2Sb-. The van der Waals surface area contributed by atoms with Crippen LogP contribution in [0.3, 0.4) is 0 Å². The zero-order valence-electron chi connectivity index (χ0n) is 7.18. The van der Waals surface area contributed by atoms with Gasteiger partial charge in [0.05, 0.1) is 11.4 Å². The SMILES string of the molecule is Nc1ccccc1N.[F][Sb-]([F])([F])([F])([F])[F]. The molecule has 1 aromatic carbocycles. The molecule has 0 aromatic heterocycles. The molecule has 0 saturated carbocycles. The van der Waals surface area contributed by atoms with Gasteiger partial charge in [-0.1, -0.05) is 12.1 Å². The molecule has 0 fully saturated rings. The van der Waals surface area contributed by atoms with Crippen molar-refractivity contribution in [2.75, 3.05) is 11.5 Å². The van der Waals surface area contributed by atoms with Crippen molar-refractivity contribution in [3.63, 3.8) is 0 Å². The summed E-state index contributed by atoms with van der Waals surface area (Å²) in [5, 5.41) is 0. The Morgan fingerprint density at radius 1 is 0.733 bits per heavy atom. The average Bonchev–Trinajstić information content (AvgIpc) is 1.88. The van der Waals surface area contributed by atoms with E-state index in [0.717, 1.165) is 0 Å². The summed E-state index contributed by atoms with van der Waals surface area (Å²) in [5.41, 5.74) is 12.1. The maximum absolute atomic E-state index is 11.2. The molecule has 90 valence electrons. The molecule has 0 unspecified atom stereocenters. The van der Waals surface area contributed by atoms with E-state index in [9.17, 15) is 16.9 Å². The van der Waals surface area contributed by atoms with E-state index in [1.54, 1.807) is 12.1 Å². The Morgan fingerprint density at radius 3 is 1.07 bits per heavy atom. The minimum atomic E-state index is -11.2. The Labute approximate surface area is 83.8 Å². The Morgan fingerprint density at radius 2 is 0.933 bits per heavy atom. The molecule has 9 heteroatoms. The van der Waals surface area contributed by atoms with Crippen LogP contribution in [-0.2, 0) is 0 Å².